The van der Waals surface area contributed by atoms with Crippen LogP contribution in [0.5, 0.6) is 0 Å². The van der Waals surface area contributed by atoms with E-state index in [-0.39, 0.29) is 0 Å². The van der Waals surface area contributed by atoms with Gasteiger partial charge in [-0.2, -0.15) is 0 Å². The maximum absolute atomic E-state index is 10.5. The minimum Gasteiger partial charge on any atom is -0.478 e. The molecule has 0 aromatic heterocycles. The molecule has 0 radical (unpaired) electrons. The predicted octanol–water partition coefficient (Wildman–Crippen LogP) is 11.8. The van der Waals surface area contributed by atoms with Gasteiger partial charge in [-0.1, -0.05) is 117 Å². The molecule has 4 aliphatic carbocycles. The molecule has 4 rings (SSSR count). The molecule has 0 spiro atoms. The average molecular weight is 567 g/mol. The molecule has 0 aromatic rings. The molecule has 3 fully saturated rings. The van der Waals surface area contributed by atoms with Crippen LogP contribution in [-0.4, -0.2) is 11.1 Å². The highest BCUT2D eigenvalue weighted by Gasteiger charge is 2.59. The first-order valence-electron chi connectivity index (χ1n) is 18.2. The summed E-state index contributed by atoms with van der Waals surface area (Å²) in [5.41, 5.74) is 2.99. The summed E-state index contributed by atoms with van der Waals surface area (Å²) in [4.78, 5) is 10.5. The Balaban J connectivity index is 1.20. The molecule has 0 bridgehead atoms. The van der Waals surface area contributed by atoms with E-state index in [0.29, 0.717) is 10.8 Å². The van der Waals surface area contributed by atoms with E-state index in [0.717, 1.165) is 54.3 Å². The van der Waals surface area contributed by atoms with E-state index in [1.807, 2.05) is 5.57 Å². The number of allylic oxidation sites excluding steroid dienone is 3. The summed E-state index contributed by atoms with van der Waals surface area (Å²) in [6, 6.07) is 0. The highest BCUT2D eigenvalue weighted by molar-refractivity contribution is 5.79. The molecule has 0 heterocycles. The van der Waals surface area contributed by atoms with Crippen LogP contribution in [0.15, 0.2) is 23.8 Å². The monoisotopic (exact) mass is 567 g/mol. The molecule has 234 valence electrons. The summed E-state index contributed by atoms with van der Waals surface area (Å²) in [6.07, 6.45) is 33.5. The zero-order valence-corrected chi connectivity index (χ0v) is 27.8. The van der Waals surface area contributed by atoms with E-state index in [2.05, 4.69) is 40.7 Å². The zero-order valence-electron chi connectivity index (χ0n) is 27.8. The Kier molecular flexibility index (Phi) is 12.1. The van der Waals surface area contributed by atoms with Crippen molar-refractivity contribution in [3.8, 4) is 0 Å². The van der Waals surface area contributed by atoms with Crippen molar-refractivity contribution in [1.82, 2.24) is 0 Å². The third-order valence-electron chi connectivity index (χ3n) is 13.2. The fourth-order valence-electron chi connectivity index (χ4n) is 10.8. The highest BCUT2D eigenvalue weighted by Crippen LogP contribution is 2.67. The Morgan fingerprint density at radius 1 is 0.902 bits per heavy atom. The van der Waals surface area contributed by atoms with Crippen LogP contribution >= 0.6 is 0 Å². The molecule has 4 aliphatic rings. The fraction of sp³-hybridized carbons (Fsp3) is 0.872. The minimum atomic E-state index is -0.826. The molecule has 1 N–H and O–H groups in total. The van der Waals surface area contributed by atoms with Crippen molar-refractivity contribution in [1.29, 1.82) is 0 Å². The molecule has 0 saturated heterocycles. The van der Waals surface area contributed by atoms with E-state index < -0.39 is 5.97 Å². The first-order valence-corrected chi connectivity index (χ1v) is 18.2. The van der Waals surface area contributed by atoms with Gasteiger partial charge in [0.2, 0.25) is 0 Å². The smallest absolute Gasteiger partial charge is 0.327 e. The number of aliphatic carboxylic acids is 1. The van der Waals surface area contributed by atoms with Crippen LogP contribution in [0, 0.1) is 52.3 Å². The quantitative estimate of drug-likeness (QED) is 0.115. The van der Waals surface area contributed by atoms with Crippen molar-refractivity contribution in [2.24, 2.45) is 52.3 Å². The summed E-state index contributed by atoms with van der Waals surface area (Å²) < 4.78 is 0. The second-order valence-electron chi connectivity index (χ2n) is 16.2. The lowest BCUT2D eigenvalue weighted by Crippen LogP contribution is -2.50. The van der Waals surface area contributed by atoms with Crippen molar-refractivity contribution >= 4 is 5.97 Å². The maximum Gasteiger partial charge on any atom is 0.327 e. The van der Waals surface area contributed by atoms with Crippen LogP contribution in [-0.2, 0) is 4.79 Å². The number of fused-ring (bicyclic) bond motifs is 5. The lowest BCUT2D eigenvalue weighted by atomic mass is 9.46. The largest absolute Gasteiger partial charge is 0.478 e. The Bertz CT molecular complexity index is 884. The van der Waals surface area contributed by atoms with Gasteiger partial charge in [-0.25, -0.2) is 4.79 Å². The predicted molar refractivity (Wildman–Crippen MR) is 175 cm³/mol. The Labute approximate surface area is 254 Å². The number of carboxylic acid groups (broad SMARTS) is 1. The van der Waals surface area contributed by atoms with Crippen LogP contribution in [0.2, 0.25) is 0 Å². The lowest BCUT2D eigenvalue weighted by molar-refractivity contribution is -0.131. The molecule has 0 aliphatic heterocycles. The van der Waals surface area contributed by atoms with Crippen LogP contribution in [0.1, 0.15) is 163 Å². The molecule has 8 atom stereocenters. The summed E-state index contributed by atoms with van der Waals surface area (Å²) in [5, 5.41) is 8.65. The van der Waals surface area contributed by atoms with Gasteiger partial charge in [0, 0.05) is 6.08 Å². The topological polar surface area (TPSA) is 37.3 Å². The molecule has 0 amide bonds. The van der Waals surface area contributed by atoms with E-state index in [1.165, 1.54) is 122 Å². The van der Waals surface area contributed by atoms with E-state index in [1.54, 1.807) is 6.08 Å². The maximum atomic E-state index is 10.5. The highest BCUT2D eigenvalue weighted by atomic mass is 16.4. The van der Waals surface area contributed by atoms with Crippen molar-refractivity contribution in [3.63, 3.8) is 0 Å². The van der Waals surface area contributed by atoms with Crippen molar-refractivity contribution in [2.45, 2.75) is 163 Å². The van der Waals surface area contributed by atoms with Gasteiger partial charge in [-0.15, -0.1) is 0 Å². The number of hydrogen-bond acceptors (Lipinski definition) is 1. The zero-order chi connectivity index (χ0) is 29.5. The lowest BCUT2D eigenvalue weighted by Gasteiger charge is -2.58. The van der Waals surface area contributed by atoms with E-state index in [9.17, 15) is 4.79 Å². The first-order chi connectivity index (χ1) is 19.6. The Morgan fingerprint density at radius 3 is 2.37 bits per heavy atom. The SMILES string of the molecule is CC(C)CCC[C@@H](C)[C@H]1CCC2C3CC=C4CC(CCCCCCCCCC=CC(=O)O)CC[C@]4(C)C3CC[C@@]21C. The molecule has 4 unspecified atom stereocenters. The number of rotatable bonds is 16. The summed E-state index contributed by atoms with van der Waals surface area (Å²) in [7, 11) is 0. The van der Waals surface area contributed by atoms with Gasteiger partial charge in [0.1, 0.15) is 0 Å². The third kappa shape index (κ3) is 8.12. The van der Waals surface area contributed by atoms with Crippen molar-refractivity contribution < 1.29 is 9.90 Å². The third-order valence-corrected chi connectivity index (χ3v) is 13.2. The van der Waals surface area contributed by atoms with Crippen molar-refractivity contribution in [2.75, 3.05) is 0 Å². The van der Waals surface area contributed by atoms with Gasteiger partial charge in [0.15, 0.2) is 0 Å². The minimum absolute atomic E-state index is 0.501. The van der Waals surface area contributed by atoms with E-state index in [4.69, 9.17) is 5.11 Å². The Hall–Kier alpha value is -1.05. The second kappa shape index (κ2) is 15.1. The van der Waals surface area contributed by atoms with Crippen LogP contribution < -0.4 is 0 Å². The molecule has 3 saturated carbocycles. The van der Waals surface area contributed by atoms with Gasteiger partial charge < -0.3 is 5.11 Å². The second-order valence-corrected chi connectivity index (χ2v) is 16.2. The molecule has 0 aromatic carbocycles. The molecular formula is C39H66O2. The van der Waals surface area contributed by atoms with Gasteiger partial charge >= 0.3 is 5.97 Å². The standard InChI is InChI=1S/C39H66O2/c1-29(2)16-15-17-30(3)34-22-23-35-33-21-20-32-28-31(24-26-38(32,4)36(33)25-27-39(34,35)5)18-13-11-9-7-6-8-10-12-14-19-37(40)41/h14,19-20,29-31,33-36H,6-13,15-18,21-28H2,1-5H3,(H,40,41)/t30-,31?,33?,34-,35?,36?,38+,39-/m1/s1. The number of hydrogen-bond donors (Lipinski definition) is 1. The molecule has 2 nitrogen and oxygen atoms in total. The summed E-state index contributed by atoms with van der Waals surface area (Å²) in [6.45, 7) is 12.8. The van der Waals surface area contributed by atoms with Crippen LogP contribution in [0.3, 0.4) is 0 Å². The first kappa shape index (κ1) is 32.9. The number of carbonyl (C=O) groups is 1. The van der Waals surface area contributed by atoms with Crippen LogP contribution in [0.25, 0.3) is 0 Å². The summed E-state index contributed by atoms with van der Waals surface area (Å²) >= 11 is 0. The Morgan fingerprint density at radius 2 is 1.63 bits per heavy atom. The van der Waals surface area contributed by atoms with Gasteiger partial charge in [-0.3, -0.25) is 0 Å². The molecule has 41 heavy (non-hydrogen) atoms. The molecular weight excluding hydrogens is 500 g/mol. The number of carboxylic acids is 1. The van der Waals surface area contributed by atoms with Crippen LogP contribution in [0.4, 0.5) is 0 Å². The summed E-state index contributed by atoms with van der Waals surface area (Å²) in [5.74, 6) is 5.73. The van der Waals surface area contributed by atoms with Crippen molar-refractivity contribution in [3.05, 3.63) is 23.8 Å². The van der Waals surface area contributed by atoms with Gasteiger partial charge in [-0.05, 0) is 116 Å². The average Bonchev–Trinajstić information content (AvgIpc) is 3.28. The molecule has 2 heteroatoms. The van der Waals surface area contributed by atoms with Gasteiger partial charge in [0.25, 0.3) is 0 Å². The normalized spacial score (nSPS) is 35.7. The van der Waals surface area contributed by atoms with E-state index >= 15 is 0 Å². The van der Waals surface area contributed by atoms with Gasteiger partial charge in [0.05, 0.1) is 0 Å². The fourth-order valence-corrected chi connectivity index (χ4v) is 10.8. The number of unbranched alkanes of at least 4 members (excludes halogenated alkanes) is 7.